The molecule has 4 aliphatic heterocycles. The van der Waals surface area contributed by atoms with Gasteiger partial charge in [-0.25, -0.2) is 4.79 Å². The van der Waals surface area contributed by atoms with E-state index in [0.717, 1.165) is 43.3 Å². The van der Waals surface area contributed by atoms with Gasteiger partial charge in [-0.2, -0.15) is 0 Å². The van der Waals surface area contributed by atoms with Gasteiger partial charge in [0.25, 0.3) is 0 Å². The van der Waals surface area contributed by atoms with E-state index in [1.54, 1.807) is 0 Å². The molecule has 4 aliphatic carbocycles. The van der Waals surface area contributed by atoms with E-state index in [1.807, 2.05) is 6.92 Å². The van der Waals surface area contributed by atoms with Crippen LogP contribution in [0.5, 0.6) is 0 Å². The molecule has 4 heterocycles. The third kappa shape index (κ3) is 8.76. The maximum absolute atomic E-state index is 12.7. The highest BCUT2D eigenvalue weighted by Gasteiger charge is 2.62. The van der Waals surface area contributed by atoms with Crippen LogP contribution in [0.15, 0.2) is 22.8 Å². The van der Waals surface area contributed by atoms with Crippen LogP contribution in [0.3, 0.4) is 0 Å². The molecule has 0 amide bonds. The number of carbonyl (C=O) groups is 1. The van der Waals surface area contributed by atoms with Gasteiger partial charge in [0.1, 0.15) is 79.4 Å². The van der Waals surface area contributed by atoms with E-state index in [2.05, 4.69) is 26.8 Å². The molecule has 3 saturated carbocycles. The van der Waals surface area contributed by atoms with E-state index in [0.29, 0.717) is 36.2 Å². The molecule has 25 atom stereocenters. The summed E-state index contributed by atoms with van der Waals surface area (Å²) in [4.78, 5) is 12.7. The topological polar surface area (TPSA) is 324 Å². The van der Waals surface area contributed by atoms with Crippen molar-refractivity contribution in [1.29, 1.82) is 0 Å². The zero-order valence-electron chi connectivity index (χ0n) is 38.0. The SMILES string of the molecule is CC1=C(CO)C(=O)OC([C@@H](C)C2CCC3C4CC=C5C[C@@H](O[C@@H]6O[C@H](CO)[C@@H](O[C@@H]7O[C@H](CO[C@@H]8O[C@H](CO)[C@@H](O)[C@H](O)[C@H]8O)[C@@H](O)[C@H](O)[C@H]7O)[C@H](O)[C@H]6O)C[C@H](O)[C@]5(C)C4CC[C@@]32C)C1. The van der Waals surface area contributed by atoms with Crippen molar-refractivity contribution < 1.29 is 99.2 Å². The fraction of sp³-hybridized carbons (Fsp3) is 0.891. The number of aliphatic hydroxyl groups is 12. The number of hydrogen-bond donors (Lipinski definition) is 12. The van der Waals surface area contributed by atoms with E-state index in [1.165, 1.54) is 0 Å². The molecule has 20 nitrogen and oxygen atoms in total. The molecule has 12 N–H and O–H groups in total. The monoisotopic (exact) mass is 944 g/mol. The summed E-state index contributed by atoms with van der Waals surface area (Å²) in [7, 11) is 0. The van der Waals surface area contributed by atoms with Crippen molar-refractivity contribution in [2.45, 2.75) is 189 Å². The van der Waals surface area contributed by atoms with Gasteiger partial charge in [0.05, 0.1) is 44.2 Å². The third-order valence-electron chi connectivity index (χ3n) is 17.5. The molecule has 8 rings (SSSR count). The van der Waals surface area contributed by atoms with E-state index in [4.69, 9.17) is 33.2 Å². The van der Waals surface area contributed by atoms with Crippen molar-refractivity contribution in [1.82, 2.24) is 0 Å². The Labute approximate surface area is 383 Å². The number of rotatable bonds is 12. The highest BCUT2D eigenvalue weighted by molar-refractivity contribution is 5.90. The molecule has 5 unspecified atom stereocenters. The highest BCUT2D eigenvalue weighted by atomic mass is 16.8. The van der Waals surface area contributed by atoms with Gasteiger partial charge in [0, 0.05) is 18.3 Å². The molecular weight excluding hydrogens is 872 g/mol. The number of aliphatic hydroxyl groups excluding tert-OH is 12. The Morgan fingerprint density at radius 3 is 2.02 bits per heavy atom. The van der Waals surface area contributed by atoms with Crippen LogP contribution in [0.4, 0.5) is 0 Å². The number of ether oxygens (including phenoxy) is 7. The van der Waals surface area contributed by atoms with E-state index in [9.17, 15) is 66.1 Å². The third-order valence-corrected chi connectivity index (χ3v) is 17.5. The molecule has 6 fully saturated rings. The summed E-state index contributed by atoms with van der Waals surface area (Å²) in [5, 5.41) is 127. The average molecular weight is 945 g/mol. The van der Waals surface area contributed by atoms with Crippen molar-refractivity contribution in [3.05, 3.63) is 22.8 Å². The Bertz CT molecular complexity index is 1780. The molecule has 8 aliphatic rings. The lowest BCUT2D eigenvalue weighted by Crippen LogP contribution is -2.65. The Morgan fingerprint density at radius 1 is 0.727 bits per heavy atom. The van der Waals surface area contributed by atoms with Crippen molar-refractivity contribution in [2.75, 3.05) is 26.4 Å². The number of allylic oxidation sites excluding steroid dienone is 1. The van der Waals surface area contributed by atoms with Gasteiger partial charge < -0.3 is 94.4 Å². The highest BCUT2D eigenvalue weighted by Crippen LogP contribution is 2.67. The molecule has 20 heteroatoms. The lowest BCUT2D eigenvalue weighted by Gasteiger charge is -2.60. The van der Waals surface area contributed by atoms with Gasteiger partial charge >= 0.3 is 5.97 Å². The van der Waals surface area contributed by atoms with E-state index < -0.39 is 136 Å². The van der Waals surface area contributed by atoms with Crippen LogP contribution in [0, 0.1) is 40.4 Å². The molecule has 376 valence electrons. The zero-order chi connectivity index (χ0) is 47.7. The Hall–Kier alpha value is -1.77. The number of hydrogen-bond acceptors (Lipinski definition) is 20. The normalized spacial score (nSPS) is 51.3. The number of fused-ring (bicyclic) bond motifs is 5. The Balaban J connectivity index is 0.888. The van der Waals surface area contributed by atoms with Gasteiger partial charge in [-0.1, -0.05) is 38.0 Å². The fourth-order valence-corrected chi connectivity index (χ4v) is 13.5. The average Bonchev–Trinajstić information content (AvgIpc) is 3.65. The maximum atomic E-state index is 12.7. The summed E-state index contributed by atoms with van der Waals surface area (Å²) in [6.07, 6.45) is -18.2. The second kappa shape index (κ2) is 19.8. The minimum Gasteiger partial charge on any atom is -0.458 e. The fourth-order valence-electron chi connectivity index (χ4n) is 13.5. The van der Waals surface area contributed by atoms with Gasteiger partial charge in [0.2, 0.25) is 0 Å². The van der Waals surface area contributed by atoms with Crippen LogP contribution in [0.2, 0.25) is 0 Å². The maximum Gasteiger partial charge on any atom is 0.336 e. The van der Waals surface area contributed by atoms with Crippen molar-refractivity contribution in [3.63, 3.8) is 0 Å². The predicted molar refractivity (Wildman–Crippen MR) is 224 cm³/mol. The Morgan fingerprint density at radius 2 is 1.35 bits per heavy atom. The summed E-state index contributed by atoms with van der Waals surface area (Å²) in [6, 6.07) is 0. The first-order chi connectivity index (χ1) is 31.3. The molecular formula is C46H72O20. The summed E-state index contributed by atoms with van der Waals surface area (Å²) in [5.74, 6) is 1.06. The standard InChI is InChI=1S/C46H72O20/c1-18-11-27(62-41(59)23(18)14-47)19(2)24-7-8-25-22-6-5-20-12-21(13-31(50)46(20,4)26(22)9-10-45(24,25)3)61-43-39(58)36(55)40(29(16-49)64-43)66-44-38(57)35(54)33(52)30(65-44)17-60-42-37(56)34(53)32(51)28(15-48)63-42/h5,19,21-22,24-40,42-44,47-58H,6-17H2,1-4H3/t19-,21+,22?,24?,25?,26?,27?,28+,29+,30+,31-,32+,33+,34-,35-,36+,37+,38+,39+,40+,42+,43+,44-,45+,46-/m0/s1. The zero-order valence-corrected chi connectivity index (χ0v) is 38.0. The summed E-state index contributed by atoms with van der Waals surface area (Å²) in [6.45, 7) is 6.22. The quantitative estimate of drug-likeness (QED) is 0.0719. The van der Waals surface area contributed by atoms with Gasteiger partial charge in [-0.3, -0.25) is 0 Å². The van der Waals surface area contributed by atoms with Crippen molar-refractivity contribution in [2.24, 2.45) is 40.4 Å². The number of esters is 1. The molecule has 0 aromatic rings. The van der Waals surface area contributed by atoms with E-state index >= 15 is 0 Å². The van der Waals surface area contributed by atoms with Crippen LogP contribution in [0.25, 0.3) is 0 Å². The van der Waals surface area contributed by atoms with Crippen LogP contribution in [-0.2, 0) is 38.0 Å². The van der Waals surface area contributed by atoms with Gasteiger partial charge in [-0.15, -0.1) is 0 Å². The van der Waals surface area contributed by atoms with Crippen molar-refractivity contribution in [3.8, 4) is 0 Å². The molecule has 0 aromatic carbocycles. The lowest BCUT2D eigenvalue weighted by atomic mass is 9.46. The summed E-state index contributed by atoms with van der Waals surface area (Å²) in [5.41, 5.74) is 1.82. The van der Waals surface area contributed by atoms with Crippen LogP contribution < -0.4 is 0 Å². The van der Waals surface area contributed by atoms with Crippen molar-refractivity contribution >= 4 is 5.97 Å². The molecule has 0 aromatic heterocycles. The van der Waals surface area contributed by atoms with Crippen LogP contribution in [-0.4, -0.2) is 204 Å². The largest absolute Gasteiger partial charge is 0.458 e. The number of carbonyl (C=O) groups excluding carboxylic acids is 1. The Kier molecular flexibility index (Phi) is 15.2. The lowest BCUT2D eigenvalue weighted by molar-refractivity contribution is -0.368. The van der Waals surface area contributed by atoms with Gasteiger partial charge in [0.15, 0.2) is 18.9 Å². The molecule has 0 spiro atoms. The number of cyclic esters (lactones) is 1. The molecule has 0 bridgehead atoms. The minimum absolute atomic E-state index is 0.0324. The smallest absolute Gasteiger partial charge is 0.336 e. The first-order valence-corrected chi connectivity index (χ1v) is 23.7. The molecule has 0 radical (unpaired) electrons. The first-order valence-electron chi connectivity index (χ1n) is 23.7. The van der Waals surface area contributed by atoms with Crippen LogP contribution >= 0.6 is 0 Å². The summed E-state index contributed by atoms with van der Waals surface area (Å²) < 4.78 is 40.5. The van der Waals surface area contributed by atoms with E-state index in [-0.39, 0.29) is 36.4 Å². The second-order valence-electron chi connectivity index (χ2n) is 20.8. The molecule has 3 saturated heterocycles. The van der Waals surface area contributed by atoms with Gasteiger partial charge in [-0.05, 0) is 80.5 Å². The molecule has 66 heavy (non-hydrogen) atoms. The predicted octanol–water partition coefficient (Wildman–Crippen LogP) is -2.37. The first kappa shape index (κ1) is 50.6. The summed E-state index contributed by atoms with van der Waals surface area (Å²) >= 11 is 0. The van der Waals surface area contributed by atoms with Crippen LogP contribution in [0.1, 0.15) is 79.1 Å². The minimum atomic E-state index is -1.91. The second-order valence-corrected chi connectivity index (χ2v) is 20.8.